The highest BCUT2D eigenvalue weighted by Gasteiger charge is 2.26. The Labute approximate surface area is 102 Å². The third kappa shape index (κ3) is 2.99. The summed E-state index contributed by atoms with van der Waals surface area (Å²) in [6, 6.07) is 0. The predicted octanol–water partition coefficient (Wildman–Crippen LogP) is 2.90. The number of carbonyl (C=O) groups is 1. The quantitative estimate of drug-likeness (QED) is 0.750. The topological polar surface area (TPSA) is 42.9 Å². The van der Waals surface area contributed by atoms with E-state index >= 15 is 0 Å². The van der Waals surface area contributed by atoms with Crippen LogP contribution in [0.15, 0.2) is 30.7 Å². The molecule has 1 aliphatic carbocycles. The lowest BCUT2D eigenvalue weighted by Gasteiger charge is -2.26. The van der Waals surface area contributed by atoms with Gasteiger partial charge in [0.15, 0.2) is 5.78 Å². The van der Waals surface area contributed by atoms with Crippen molar-refractivity contribution in [3.05, 3.63) is 36.4 Å². The van der Waals surface area contributed by atoms with E-state index in [1.165, 1.54) is 0 Å². The molecule has 0 amide bonds. The number of allylic oxidation sites excluding steroid dienone is 2. The fourth-order valence-corrected chi connectivity index (χ4v) is 2.50. The van der Waals surface area contributed by atoms with Crippen molar-refractivity contribution in [3.8, 4) is 0 Å². The van der Waals surface area contributed by atoms with Crippen molar-refractivity contribution in [2.24, 2.45) is 5.92 Å². The van der Waals surface area contributed by atoms with Crippen molar-refractivity contribution < 1.29 is 4.79 Å². The second kappa shape index (κ2) is 5.71. The van der Waals surface area contributed by atoms with Gasteiger partial charge in [0.05, 0.1) is 5.69 Å². The van der Waals surface area contributed by atoms with Crippen LogP contribution < -0.4 is 0 Å². The summed E-state index contributed by atoms with van der Waals surface area (Å²) in [6.07, 6.45) is 12.9. The minimum atomic E-state index is 0.221. The zero-order chi connectivity index (χ0) is 12.1. The lowest BCUT2D eigenvalue weighted by molar-refractivity contribution is -0.119. The molecular formula is C14H18N2O. The van der Waals surface area contributed by atoms with E-state index in [9.17, 15) is 4.79 Å². The van der Waals surface area contributed by atoms with E-state index in [1.807, 2.05) is 19.2 Å². The Hall–Kier alpha value is -1.51. The summed E-state index contributed by atoms with van der Waals surface area (Å²) in [5.74, 6) is 0.988. The Morgan fingerprint density at radius 1 is 1.29 bits per heavy atom. The fourth-order valence-electron chi connectivity index (χ4n) is 2.50. The highest BCUT2D eigenvalue weighted by molar-refractivity contribution is 5.91. The van der Waals surface area contributed by atoms with Crippen LogP contribution in [0.3, 0.4) is 0 Å². The van der Waals surface area contributed by atoms with Gasteiger partial charge in [0.1, 0.15) is 0 Å². The second-order valence-corrected chi connectivity index (χ2v) is 4.58. The molecule has 0 aromatic carbocycles. The van der Waals surface area contributed by atoms with E-state index in [4.69, 9.17) is 0 Å². The number of nitrogens with zero attached hydrogens (tertiary/aromatic N) is 2. The van der Waals surface area contributed by atoms with Crippen LogP contribution in [0.4, 0.5) is 0 Å². The molecule has 1 aromatic rings. The Morgan fingerprint density at radius 2 is 2.06 bits per heavy atom. The zero-order valence-electron chi connectivity index (χ0n) is 10.2. The molecule has 0 atom stereocenters. The molecule has 0 aliphatic heterocycles. The maximum atomic E-state index is 11.7. The van der Waals surface area contributed by atoms with Crippen molar-refractivity contribution in [2.45, 2.75) is 38.5 Å². The molecule has 2 rings (SSSR count). The highest BCUT2D eigenvalue weighted by Crippen LogP contribution is 2.35. The molecular weight excluding hydrogens is 212 g/mol. The molecule has 1 saturated carbocycles. The molecule has 90 valence electrons. The maximum Gasteiger partial charge on any atom is 0.158 e. The minimum absolute atomic E-state index is 0.221. The molecule has 0 radical (unpaired) electrons. The number of ketones is 1. The summed E-state index contributed by atoms with van der Waals surface area (Å²) < 4.78 is 0. The summed E-state index contributed by atoms with van der Waals surface area (Å²) in [5.41, 5.74) is 1.07. The monoisotopic (exact) mass is 230 g/mol. The normalized spacial score (nSPS) is 25.0. The lowest BCUT2D eigenvalue weighted by atomic mass is 9.79. The molecule has 3 nitrogen and oxygen atoms in total. The minimum Gasteiger partial charge on any atom is -0.295 e. The lowest BCUT2D eigenvalue weighted by Crippen LogP contribution is -2.20. The molecule has 17 heavy (non-hydrogen) atoms. The van der Waals surface area contributed by atoms with Gasteiger partial charge in [-0.15, -0.1) is 0 Å². The van der Waals surface area contributed by atoms with Gasteiger partial charge in [0.2, 0.25) is 0 Å². The first kappa shape index (κ1) is 12.0. The van der Waals surface area contributed by atoms with E-state index in [0.29, 0.717) is 5.92 Å². The number of hydrogen-bond donors (Lipinski definition) is 0. The molecule has 0 unspecified atom stereocenters. The van der Waals surface area contributed by atoms with Crippen molar-refractivity contribution in [3.63, 3.8) is 0 Å². The Bertz CT molecular complexity index is 392. The predicted molar refractivity (Wildman–Crippen MR) is 66.6 cm³/mol. The summed E-state index contributed by atoms with van der Waals surface area (Å²) in [5, 5.41) is 0. The third-order valence-electron chi connectivity index (χ3n) is 3.46. The maximum absolute atomic E-state index is 11.7. The Morgan fingerprint density at radius 3 is 2.65 bits per heavy atom. The molecule has 1 aromatic heterocycles. The summed E-state index contributed by atoms with van der Waals surface area (Å²) in [4.78, 5) is 20.2. The van der Waals surface area contributed by atoms with Crippen LogP contribution in [0.1, 0.15) is 44.2 Å². The molecule has 0 bridgehead atoms. The van der Waals surface area contributed by atoms with Crippen LogP contribution in [0.2, 0.25) is 0 Å². The van der Waals surface area contributed by atoms with Crippen LogP contribution in [-0.2, 0) is 4.79 Å². The molecule has 0 saturated heterocycles. The molecule has 0 spiro atoms. The second-order valence-electron chi connectivity index (χ2n) is 4.58. The van der Waals surface area contributed by atoms with Crippen molar-refractivity contribution in [1.29, 1.82) is 0 Å². The van der Waals surface area contributed by atoms with Gasteiger partial charge >= 0.3 is 0 Å². The van der Waals surface area contributed by atoms with Crippen molar-refractivity contribution in [2.75, 3.05) is 0 Å². The Kier molecular flexibility index (Phi) is 4.02. The van der Waals surface area contributed by atoms with Gasteiger partial charge in [-0.25, -0.2) is 0 Å². The molecule has 0 N–H and O–H groups in total. The van der Waals surface area contributed by atoms with Gasteiger partial charge in [-0.2, -0.15) is 0 Å². The summed E-state index contributed by atoms with van der Waals surface area (Å²) in [6.45, 7) is 1.89. The largest absolute Gasteiger partial charge is 0.295 e. The van der Waals surface area contributed by atoms with E-state index in [2.05, 4.69) is 9.97 Å². The van der Waals surface area contributed by atoms with E-state index in [1.54, 1.807) is 18.5 Å². The zero-order valence-corrected chi connectivity index (χ0v) is 10.2. The van der Waals surface area contributed by atoms with Crippen LogP contribution in [-0.4, -0.2) is 15.8 Å². The summed E-state index contributed by atoms with van der Waals surface area (Å²) >= 11 is 0. The van der Waals surface area contributed by atoms with Crippen molar-refractivity contribution in [1.82, 2.24) is 9.97 Å². The SMILES string of the molecule is C/C=C/C(=O)C1CCC(c2cnccn2)CC1. The van der Waals surface area contributed by atoms with Crippen LogP contribution in [0.25, 0.3) is 0 Å². The molecule has 1 heterocycles. The van der Waals surface area contributed by atoms with Gasteiger partial charge in [-0.3, -0.25) is 14.8 Å². The third-order valence-corrected chi connectivity index (χ3v) is 3.46. The van der Waals surface area contributed by atoms with Crippen LogP contribution in [0.5, 0.6) is 0 Å². The summed E-state index contributed by atoms with van der Waals surface area (Å²) in [7, 11) is 0. The van der Waals surface area contributed by atoms with Crippen LogP contribution in [0, 0.1) is 5.92 Å². The average molecular weight is 230 g/mol. The van der Waals surface area contributed by atoms with Gasteiger partial charge in [0, 0.05) is 30.4 Å². The highest BCUT2D eigenvalue weighted by atomic mass is 16.1. The first-order valence-electron chi connectivity index (χ1n) is 6.23. The molecule has 1 fully saturated rings. The first-order chi connectivity index (χ1) is 8.31. The van der Waals surface area contributed by atoms with Gasteiger partial charge < -0.3 is 0 Å². The van der Waals surface area contributed by atoms with Crippen LogP contribution >= 0.6 is 0 Å². The Balaban J connectivity index is 1.92. The first-order valence-corrected chi connectivity index (χ1v) is 6.23. The van der Waals surface area contributed by atoms with E-state index in [0.717, 1.165) is 31.4 Å². The number of rotatable bonds is 3. The smallest absolute Gasteiger partial charge is 0.158 e. The van der Waals surface area contributed by atoms with E-state index < -0.39 is 0 Å². The average Bonchev–Trinajstić information content (AvgIpc) is 2.40. The van der Waals surface area contributed by atoms with Gasteiger partial charge in [-0.1, -0.05) is 6.08 Å². The number of aromatic nitrogens is 2. The van der Waals surface area contributed by atoms with Gasteiger partial charge in [0.25, 0.3) is 0 Å². The fraction of sp³-hybridized carbons (Fsp3) is 0.500. The standard InChI is InChI=1S/C14H18N2O/c1-2-3-14(17)12-6-4-11(5-7-12)13-10-15-8-9-16-13/h2-3,8-12H,4-7H2,1H3/b3-2+. The van der Waals surface area contributed by atoms with Crippen molar-refractivity contribution >= 4 is 5.78 Å². The van der Waals surface area contributed by atoms with Gasteiger partial charge in [-0.05, 0) is 38.7 Å². The number of hydrogen-bond acceptors (Lipinski definition) is 3. The van der Waals surface area contributed by atoms with E-state index in [-0.39, 0.29) is 11.7 Å². The molecule has 3 heteroatoms. The number of carbonyl (C=O) groups excluding carboxylic acids is 1. The molecule has 1 aliphatic rings.